The second-order valence-electron chi connectivity index (χ2n) is 2.43. The summed E-state index contributed by atoms with van der Waals surface area (Å²) in [5.74, 6) is -1.19. The molecular weight excluding hydrogens is 182 g/mol. The molecule has 0 bridgehead atoms. The highest BCUT2D eigenvalue weighted by Gasteiger charge is 2.09. The summed E-state index contributed by atoms with van der Waals surface area (Å²) < 4.78 is 0. The van der Waals surface area contributed by atoms with Gasteiger partial charge in [0.1, 0.15) is 12.1 Å². The van der Waals surface area contributed by atoms with Gasteiger partial charge >= 0.3 is 0 Å². The summed E-state index contributed by atoms with van der Waals surface area (Å²) in [7, 11) is 0. The fraction of sp³-hybridized carbons (Fsp3) is 0. The summed E-state index contributed by atoms with van der Waals surface area (Å²) in [5.41, 5.74) is 5.19. The molecule has 1 amide bonds. The molecule has 1 aromatic rings. The van der Waals surface area contributed by atoms with Gasteiger partial charge in [0.05, 0.1) is 6.07 Å². The predicted molar refractivity (Wildman–Crippen MR) is 47.0 cm³/mol. The molecule has 0 unspecified atom stereocenters. The number of hydrogen-bond acceptors (Lipinski definition) is 4. The molecule has 5 nitrogen and oxygen atoms in total. The highest BCUT2D eigenvalue weighted by molar-refractivity contribution is 6.05. The van der Waals surface area contributed by atoms with Gasteiger partial charge in [0.15, 0.2) is 5.78 Å². The molecular formula is C9H6N3O2. The molecule has 1 radical (unpaired) electrons. The average Bonchev–Trinajstić information content (AvgIpc) is 2.18. The maximum absolute atomic E-state index is 11.2. The highest BCUT2D eigenvalue weighted by Crippen LogP contribution is 2.03. The Labute approximate surface area is 80.2 Å². The Morgan fingerprint density at radius 1 is 1.57 bits per heavy atom. The van der Waals surface area contributed by atoms with E-state index < -0.39 is 11.7 Å². The van der Waals surface area contributed by atoms with E-state index in [4.69, 9.17) is 11.0 Å². The van der Waals surface area contributed by atoms with Gasteiger partial charge in [-0.3, -0.25) is 14.6 Å². The van der Waals surface area contributed by atoms with Crippen LogP contribution >= 0.6 is 0 Å². The maximum Gasteiger partial charge on any atom is 0.267 e. The minimum atomic E-state index is -0.711. The Hall–Kier alpha value is -2.22. The molecule has 0 aromatic carbocycles. The first-order chi connectivity index (χ1) is 6.65. The van der Waals surface area contributed by atoms with Crippen LogP contribution in [0.2, 0.25) is 0 Å². The number of rotatable bonds is 3. The van der Waals surface area contributed by atoms with Crippen molar-refractivity contribution in [3.63, 3.8) is 0 Å². The zero-order chi connectivity index (χ0) is 10.6. The van der Waals surface area contributed by atoms with Crippen molar-refractivity contribution < 1.29 is 9.59 Å². The number of aromatic nitrogens is 1. The van der Waals surface area contributed by atoms with Gasteiger partial charge in [0, 0.05) is 11.8 Å². The lowest BCUT2D eigenvalue weighted by molar-refractivity contribution is 0.0995. The predicted octanol–water partition coefficient (Wildman–Crippen LogP) is 0.0911. The third kappa shape index (κ3) is 2.14. The van der Waals surface area contributed by atoms with E-state index in [9.17, 15) is 9.59 Å². The van der Waals surface area contributed by atoms with Gasteiger partial charge in [-0.15, -0.1) is 0 Å². The number of ketones is 1. The summed E-state index contributed by atoms with van der Waals surface area (Å²) in [6.07, 6.45) is 2.14. The Balaban J connectivity index is 3.01. The first kappa shape index (κ1) is 9.86. The number of hydrogen-bond donors (Lipinski definition) is 1. The summed E-state index contributed by atoms with van der Waals surface area (Å²) in [4.78, 5) is 25.5. The third-order valence-electron chi connectivity index (χ3n) is 1.49. The van der Waals surface area contributed by atoms with Crippen LogP contribution in [0.5, 0.6) is 0 Å². The summed E-state index contributed by atoms with van der Waals surface area (Å²) in [6.45, 7) is 0. The molecule has 0 atom stereocenters. The van der Waals surface area contributed by atoms with Crippen LogP contribution in [0.15, 0.2) is 18.3 Å². The monoisotopic (exact) mass is 188 g/mol. The standard InChI is InChI=1S/C9H6N3O2/c10-3-1-8(13)6-2-4-12-7(5-6)9(11)14/h1-2,4-5H,(H2,11,14). The van der Waals surface area contributed by atoms with E-state index in [1.807, 2.05) is 0 Å². The van der Waals surface area contributed by atoms with Crippen LogP contribution in [-0.2, 0) is 0 Å². The van der Waals surface area contributed by atoms with Crippen LogP contribution in [0.4, 0.5) is 0 Å². The van der Waals surface area contributed by atoms with Crippen LogP contribution in [-0.4, -0.2) is 16.7 Å². The zero-order valence-corrected chi connectivity index (χ0v) is 7.10. The van der Waals surface area contributed by atoms with Gasteiger partial charge in [-0.2, -0.15) is 5.26 Å². The molecule has 0 saturated carbocycles. The highest BCUT2D eigenvalue weighted by atomic mass is 16.1. The van der Waals surface area contributed by atoms with Crippen molar-refractivity contribution in [3.8, 4) is 6.07 Å². The largest absolute Gasteiger partial charge is 0.364 e. The van der Waals surface area contributed by atoms with Crippen molar-refractivity contribution in [1.29, 1.82) is 5.26 Å². The van der Waals surface area contributed by atoms with Crippen molar-refractivity contribution in [2.24, 2.45) is 5.73 Å². The molecule has 0 spiro atoms. The zero-order valence-electron chi connectivity index (χ0n) is 7.10. The van der Waals surface area contributed by atoms with E-state index in [1.165, 1.54) is 18.3 Å². The Morgan fingerprint density at radius 3 is 2.86 bits per heavy atom. The molecule has 1 aromatic heterocycles. The van der Waals surface area contributed by atoms with Crippen molar-refractivity contribution in [1.82, 2.24) is 4.98 Å². The Morgan fingerprint density at radius 2 is 2.29 bits per heavy atom. The molecule has 69 valence electrons. The number of nitrogens with zero attached hydrogens (tertiary/aromatic N) is 2. The summed E-state index contributed by atoms with van der Waals surface area (Å²) >= 11 is 0. The van der Waals surface area contributed by atoms with Crippen molar-refractivity contribution in [3.05, 3.63) is 36.0 Å². The van der Waals surface area contributed by atoms with Gasteiger partial charge in [-0.1, -0.05) is 0 Å². The summed E-state index contributed by atoms with van der Waals surface area (Å²) in [6, 6.07) is 4.26. The first-order valence-electron chi connectivity index (χ1n) is 3.68. The number of pyridine rings is 1. The van der Waals surface area contributed by atoms with Crippen LogP contribution in [0.25, 0.3) is 0 Å². The molecule has 0 aliphatic heterocycles. The SMILES string of the molecule is N#C[CH]C(=O)c1ccnc(C(N)=O)c1. The normalized spacial score (nSPS) is 9.07. The van der Waals surface area contributed by atoms with Crippen LogP contribution in [0, 0.1) is 17.8 Å². The minimum Gasteiger partial charge on any atom is -0.364 e. The topological polar surface area (TPSA) is 96.8 Å². The van der Waals surface area contributed by atoms with Gasteiger partial charge in [-0.05, 0) is 12.1 Å². The van der Waals surface area contributed by atoms with Crippen molar-refractivity contribution in [2.75, 3.05) is 0 Å². The van der Waals surface area contributed by atoms with Crippen LogP contribution in [0.3, 0.4) is 0 Å². The quantitative estimate of drug-likeness (QED) is 0.679. The fourth-order valence-corrected chi connectivity index (χ4v) is 0.861. The van der Waals surface area contributed by atoms with E-state index in [0.717, 1.165) is 6.42 Å². The molecule has 0 aliphatic carbocycles. The average molecular weight is 188 g/mol. The van der Waals surface area contributed by atoms with Crippen molar-refractivity contribution in [2.45, 2.75) is 0 Å². The van der Waals surface area contributed by atoms with Crippen LogP contribution in [0.1, 0.15) is 20.8 Å². The smallest absolute Gasteiger partial charge is 0.267 e. The molecule has 0 fully saturated rings. The lowest BCUT2D eigenvalue weighted by Gasteiger charge is -1.97. The number of carbonyl (C=O) groups excluding carboxylic acids is 2. The van der Waals surface area contributed by atoms with Gasteiger partial charge < -0.3 is 5.73 Å². The molecule has 0 aliphatic rings. The molecule has 1 rings (SSSR count). The Bertz CT molecular complexity index is 420. The second kappa shape index (κ2) is 4.14. The number of carbonyl (C=O) groups is 2. The lowest BCUT2D eigenvalue weighted by atomic mass is 10.1. The molecule has 2 N–H and O–H groups in total. The fourth-order valence-electron chi connectivity index (χ4n) is 0.861. The van der Waals surface area contributed by atoms with Gasteiger partial charge in [0.2, 0.25) is 0 Å². The van der Waals surface area contributed by atoms with E-state index >= 15 is 0 Å². The molecule has 0 saturated heterocycles. The number of Topliss-reactive ketones (excluding diaryl/α,β-unsaturated/α-hetero) is 1. The van der Waals surface area contributed by atoms with E-state index in [-0.39, 0.29) is 11.3 Å². The van der Waals surface area contributed by atoms with Gasteiger partial charge in [-0.25, -0.2) is 0 Å². The maximum atomic E-state index is 11.2. The van der Waals surface area contributed by atoms with Gasteiger partial charge in [0.25, 0.3) is 5.91 Å². The lowest BCUT2D eigenvalue weighted by Crippen LogP contribution is -2.14. The number of nitrogens with two attached hydrogens (primary N) is 1. The number of primary amides is 1. The Kier molecular flexibility index (Phi) is 2.92. The second-order valence-corrected chi connectivity index (χ2v) is 2.43. The third-order valence-corrected chi connectivity index (χ3v) is 1.49. The number of amides is 1. The van der Waals surface area contributed by atoms with E-state index in [0.29, 0.717) is 0 Å². The molecule has 1 heterocycles. The van der Waals surface area contributed by atoms with Crippen molar-refractivity contribution >= 4 is 11.7 Å². The first-order valence-corrected chi connectivity index (χ1v) is 3.68. The summed E-state index contributed by atoms with van der Waals surface area (Å²) in [5, 5.41) is 8.24. The molecule has 5 heteroatoms. The minimum absolute atomic E-state index is 0.00203. The van der Waals surface area contributed by atoms with E-state index in [1.54, 1.807) is 6.07 Å². The van der Waals surface area contributed by atoms with E-state index in [2.05, 4.69) is 4.98 Å². The number of nitriles is 1. The van der Waals surface area contributed by atoms with Crippen LogP contribution < -0.4 is 5.73 Å². The molecule has 14 heavy (non-hydrogen) atoms.